The second-order valence-electron chi connectivity index (χ2n) is 7.54. The molecule has 1 aromatic carbocycles. The van der Waals surface area contributed by atoms with E-state index >= 15 is 0 Å². The number of rotatable bonds is 3. The summed E-state index contributed by atoms with van der Waals surface area (Å²) in [5.74, 6) is -0.00324. The fourth-order valence-corrected chi connectivity index (χ4v) is 4.07. The van der Waals surface area contributed by atoms with Gasteiger partial charge in [0.15, 0.2) is 5.78 Å². The van der Waals surface area contributed by atoms with Crippen LogP contribution in [0, 0.1) is 5.82 Å². The van der Waals surface area contributed by atoms with Crippen LogP contribution in [0.15, 0.2) is 30.5 Å². The van der Waals surface area contributed by atoms with E-state index in [0.717, 1.165) is 56.7 Å². The zero-order chi connectivity index (χ0) is 19.7. The van der Waals surface area contributed by atoms with E-state index < -0.39 is 5.82 Å². The normalized spacial score (nSPS) is 16.6. The third-order valence-corrected chi connectivity index (χ3v) is 5.56. The number of aromatic nitrogens is 1. The SMILES string of the molecule is CC(=O)c1ccc(N2CCCc3cc(C(=O)N4CCCCC4)cnc32)cc1F. The molecule has 0 N–H and O–H groups in total. The molecule has 1 aromatic heterocycles. The number of pyridine rings is 1. The Morgan fingerprint density at radius 3 is 2.54 bits per heavy atom. The first-order valence-electron chi connectivity index (χ1n) is 9.91. The molecule has 0 unspecified atom stereocenters. The third kappa shape index (κ3) is 3.51. The molecule has 5 nitrogen and oxygen atoms in total. The van der Waals surface area contributed by atoms with Gasteiger partial charge in [0.25, 0.3) is 5.91 Å². The highest BCUT2D eigenvalue weighted by Crippen LogP contribution is 2.33. The topological polar surface area (TPSA) is 53.5 Å². The van der Waals surface area contributed by atoms with Gasteiger partial charge in [0.1, 0.15) is 11.6 Å². The number of hydrogen-bond acceptors (Lipinski definition) is 4. The molecule has 1 saturated heterocycles. The van der Waals surface area contributed by atoms with E-state index in [2.05, 4.69) is 4.98 Å². The van der Waals surface area contributed by atoms with Crippen LogP contribution in [0.1, 0.15) is 58.9 Å². The van der Waals surface area contributed by atoms with E-state index in [0.29, 0.717) is 11.3 Å². The summed E-state index contributed by atoms with van der Waals surface area (Å²) in [4.78, 5) is 32.7. The predicted molar refractivity (Wildman–Crippen MR) is 106 cm³/mol. The van der Waals surface area contributed by atoms with Crippen molar-refractivity contribution in [1.82, 2.24) is 9.88 Å². The fraction of sp³-hybridized carbons (Fsp3) is 0.409. The summed E-state index contributed by atoms with van der Waals surface area (Å²) < 4.78 is 14.3. The average Bonchev–Trinajstić information content (AvgIpc) is 2.72. The van der Waals surface area contributed by atoms with Crippen LogP contribution in [0.2, 0.25) is 0 Å². The molecule has 2 aromatic rings. The quantitative estimate of drug-likeness (QED) is 0.750. The average molecular weight is 381 g/mol. The molecule has 3 heterocycles. The van der Waals surface area contributed by atoms with Crippen LogP contribution in [0.4, 0.5) is 15.9 Å². The Kier molecular flexibility index (Phi) is 5.11. The Bertz CT molecular complexity index is 922. The lowest BCUT2D eigenvalue weighted by Gasteiger charge is -2.31. The highest BCUT2D eigenvalue weighted by atomic mass is 19.1. The van der Waals surface area contributed by atoms with Crippen LogP contribution in [0.25, 0.3) is 0 Å². The predicted octanol–water partition coefficient (Wildman–Crippen LogP) is 4.13. The van der Waals surface area contributed by atoms with Gasteiger partial charge in [0, 0.05) is 31.5 Å². The van der Waals surface area contributed by atoms with Crippen LogP contribution < -0.4 is 4.90 Å². The standard InChI is InChI=1S/C22H24FN3O2/c1-15(27)19-8-7-18(13-20(19)23)26-11-5-6-16-12-17(14-24-21(16)26)22(28)25-9-3-2-4-10-25/h7-8,12-14H,2-6,9-11H2,1H3. The van der Waals surface area contributed by atoms with Crippen LogP contribution in [0.5, 0.6) is 0 Å². The molecule has 0 spiro atoms. The zero-order valence-corrected chi connectivity index (χ0v) is 16.1. The smallest absolute Gasteiger partial charge is 0.255 e. The van der Waals surface area contributed by atoms with Gasteiger partial charge in [-0.2, -0.15) is 0 Å². The number of Topliss-reactive ketones (excluding diaryl/α,β-unsaturated/α-hetero) is 1. The summed E-state index contributed by atoms with van der Waals surface area (Å²) in [6.45, 7) is 3.70. The Balaban J connectivity index is 1.62. The van der Waals surface area contributed by atoms with Gasteiger partial charge in [-0.25, -0.2) is 9.37 Å². The number of halogens is 1. The van der Waals surface area contributed by atoms with E-state index in [1.54, 1.807) is 12.3 Å². The van der Waals surface area contributed by atoms with Gasteiger partial charge in [0.05, 0.1) is 11.1 Å². The number of ketones is 1. The van der Waals surface area contributed by atoms with Crippen molar-refractivity contribution in [3.05, 3.63) is 53.0 Å². The summed E-state index contributed by atoms with van der Waals surface area (Å²) in [7, 11) is 0. The van der Waals surface area contributed by atoms with Crippen molar-refractivity contribution >= 4 is 23.2 Å². The molecule has 0 atom stereocenters. The van der Waals surface area contributed by atoms with E-state index in [9.17, 15) is 14.0 Å². The molecular formula is C22H24FN3O2. The van der Waals surface area contributed by atoms with Gasteiger partial charge < -0.3 is 9.80 Å². The van der Waals surface area contributed by atoms with Crippen molar-refractivity contribution in [1.29, 1.82) is 0 Å². The number of piperidine rings is 1. The van der Waals surface area contributed by atoms with Crippen LogP contribution in [-0.4, -0.2) is 41.2 Å². The number of fused-ring (bicyclic) bond motifs is 1. The monoisotopic (exact) mass is 381 g/mol. The number of benzene rings is 1. The summed E-state index contributed by atoms with van der Waals surface area (Å²) in [6.07, 6.45) is 6.66. The van der Waals surface area contributed by atoms with E-state index in [-0.39, 0.29) is 17.3 Å². The van der Waals surface area contributed by atoms with Gasteiger partial charge in [-0.3, -0.25) is 9.59 Å². The Hall–Kier alpha value is -2.76. The number of carbonyl (C=O) groups excluding carboxylic acids is 2. The van der Waals surface area contributed by atoms with Gasteiger partial charge in [0.2, 0.25) is 0 Å². The minimum Gasteiger partial charge on any atom is -0.339 e. The first kappa shape index (κ1) is 18.6. The number of amides is 1. The van der Waals surface area contributed by atoms with Crippen molar-refractivity contribution in [2.24, 2.45) is 0 Å². The molecular weight excluding hydrogens is 357 g/mol. The Morgan fingerprint density at radius 2 is 1.82 bits per heavy atom. The number of nitrogens with zero attached hydrogens (tertiary/aromatic N) is 3. The van der Waals surface area contributed by atoms with E-state index in [1.165, 1.54) is 25.5 Å². The summed E-state index contributed by atoms with van der Waals surface area (Å²) in [5.41, 5.74) is 2.40. The molecule has 0 saturated carbocycles. The third-order valence-electron chi connectivity index (χ3n) is 5.56. The van der Waals surface area contributed by atoms with Crippen LogP contribution in [0.3, 0.4) is 0 Å². The van der Waals surface area contributed by atoms with Crippen LogP contribution in [-0.2, 0) is 6.42 Å². The van der Waals surface area contributed by atoms with Crippen molar-refractivity contribution in [3.8, 4) is 0 Å². The number of carbonyl (C=O) groups is 2. The van der Waals surface area contributed by atoms with Crippen molar-refractivity contribution in [2.75, 3.05) is 24.5 Å². The maximum Gasteiger partial charge on any atom is 0.255 e. The lowest BCUT2D eigenvalue weighted by Crippen LogP contribution is -2.36. The maximum absolute atomic E-state index is 14.3. The molecule has 2 aliphatic rings. The first-order chi connectivity index (χ1) is 13.5. The summed E-state index contributed by atoms with van der Waals surface area (Å²) in [6, 6.07) is 6.60. The maximum atomic E-state index is 14.3. The molecule has 28 heavy (non-hydrogen) atoms. The molecule has 1 amide bonds. The molecule has 0 bridgehead atoms. The molecule has 4 rings (SSSR count). The van der Waals surface area contributed by atoms with E-state index in [1.807, 2.05) is 15.9 Å². The summed E-state index contributed by atoms with van der Waals surface area (Å²) >= 11 is 0. The first-order valence-corrected chi connectivity index (χ1v) is 9.91. The minimum atomic E-state index is -0.519. The second kappa shape index (κ2) is 7.70. The molecule has 6 heteroatoms. The molecule has 146 valence electrons. The highest BCUT2D eigenvalue weighted by Gasteiger charge is 2.24. The lowest BCUT2D eigenvalue weighted by molar-refractivity contribution is 0.0723. The lowest BCUT2D eigenvalue weighted by atomic mass is 10.0. The van der Waals surface area contributed by atoms with E-state index in [4.69, 9.17) is 0 Å². The second-order valence-corrected chi connectivity index (χ2v) is 7.54. The summed E-state index contributed by atoms with van der Waals surface area (Å²) in [5, 5.41) is 0. The Morgan fingerprint density at radius 1 is 1.04 bits per heavy atom. The molecule has 0 aliphatic carbocycles. The van der Waals surface area contributed by atoms with Gasteiger partial charge in [-0.1, -0.05) is 0 Å². The largest absolute Gasteiger partial charge is 0.339 e. The van der Waals surface area contributed by atoms with Crippen molar-refractivity contribution in [3.63, 3.8) is 0 Å². The number of anilines is 2. The molecule has 2 aliphatic heterocycles. The van der Waals surface area contributed by atoms with Crippen molar-refractivity contribution < 1.29 is 14.0 Å². The zero-order valence-electron chi connectivity index (χ0n) is 16.1. The van der Waals surface area contributed by atoms with Crippen molar-refractivity contribution in [2.45, 2.75) is 39.0 Å². The fourth-order valence-electron chi connectivity index (χ4n) is 4.07. The molecule has 1 fully saturated rings. The van der Waals surface area contributed by atoms with Gasteiger partial charge >= 0.3 is 0 Å². The molecule has 0 radical (unpaired) electrons. The van der Waals surface area contributed by atoms with Gasteiger partial charge in [-0.15, -0.1) is 0 Å². The number of aryl methyl sites for hydroxylation is 1. The van der Waals surface area contributed by atoms with Crippen LogP contribution >= 0.6 is 0 Å². The minimum absolute atomic E-state index is 0.0454. The number of hydrogen-bond donors (Lipinski definition) is 0. The van der Waals surface area contributed by atoms with Gasteiger partial charge in [-0.05, 0) is 68.9 Å². The Labute approximate surface area is 164 Å². The highest BCUT2D eigenvalue weighted by molar-refractivity contribution is 5.95. The number of likely N-dealkylation sites (tertiary alicyclic amines) is 1.